The summed E-state index contributed by atoms with van der Waals surface area (Å²) in [5.74, 6) is 2.92. The van der Waals surface area contributed by atoms with E-state index in [1.165, 1.54) is 12.8 Å². The summed E-state index contributed by atoms with van der Waals surface area (Å²) in [6.07, 6.45) is 2.47. The van der Waals surface area contributed by atoms with Crippen molar-refractivity contribution in [3.05, 3.63) is 11.4 Å². The van der Waals surface area contributed by atoms with Gasteiger partial charge in [-0.05, 0) is 26.0 Å². The van der Waals surface area contributed by atoms with E-state index >= 15 is 0 Å². The third-order valence-corrected chi connectivity index (χ3v) is 3.35. The number of aryl methyl sites for hydroxylation is 1. The molecule has 1 heterocycles. The molecule has 0 fully saturated rings. The Bertz CT molecular complexity index is 326. The molecule has 0 amide bonds. The number of anilines is 1. The zero-order chi connectivity index (χ0) is 11.3. The van der Waals surface area contributed by atoms with Gasteiger partial charge in [-0.3, -0.25) is 0 Å². The third-order valence-electron chi connectivity index (χ3n) is 2.19. The van der Waals surface area contributed by atoms with Crippen LogP contribution >= 0.6 is 11.8 Å². The van der Waals surface area contributed by atoms with Gasteiger partial charge in [0.15, 0.2) is 0 Å². The highest BCUT2D eigenvalue weighted by Crippen LogP contribution is 2.25. The molecule has 0 unspecified atom stereocenters. The third kappa shape index (κ3) is 3.38. The lowest BCUT2D eigenvalue weighted by atomic mass is 10.3. The minimum Gasteiger partial charge on any atom is -0.373 e. The molecule has 15 heavy (non-hydrogen) atoms. The number of thioether (sulfide) groups is 1. The van der Waals surface area contributed by atoms with Crippen molar-refractivity contribution < 1.29 is 0 Å². The zero-order valence-corrected chi connectivity index (χ0v) is 10.7. The van der Waals surface area contributed by atoms with Gasteiger partial charge in [0, 0.05) is 12.6 Å². The maximum atomic E-state index is 4.46. The van der Waals surface area contributed by atoms with Crippen molar-refractivity contribution in [3.8, 4) is 0 Å². The molecule has 0 saturated carbocycles. The van der Waals surface area contributed by atoms with Crippen molar-refractivity contribution in [3.63, 3.8) is 0 Å². The van der Waals surface area contributed by atoms with Crippen LogP contribution in [0.4, 0.5) is 5.82 Å². The van der Waals surface area contributed by atoms with E-state index < -0.39 is 0 Å². The summed E-state index contributed by atoms with van der Waals surface area (Å²) < 4.78 is 0. The van der Waals surface area contributed by atoms with Gasteiger partial charge >= 0.3 is 0 Å². The summed E-state index contributed by atoms with van der Waals surface area (Å²) in [6.45, 7) is 6.21. The van der Waals surface area contributed by atoms with Crippen LogP contribution in [-0.2, 0) is 0 Å². The molecule has 84 valence electrons. The standard InChI is InChI=1S/C11H19N3S/c1-5-6-7-15-11-8(2)10(12-4)13-9(3)14-11/h5-7H2,1-4H3,(H,12,13,14). The predicted molar refractivity (Wildman–Crippen MR) is 66.7 cm³/mol. The fraction of sp³-hybridized carbons (Fsp3) is 0.636. The fourth-order valence-electron chi connectivity index (χ4n) is 1.30. The van der Waals surface area contributed by atoms with Gasteiger partial charge < -0.3 is 5.32 Å². The normalized spacial score (nSPS) is 10.4. The molecule has 0 aromatic carbocycles. The quantitative estimate of drug-likeness (QED) is 0.475. The van der Waals surface area contributed by atoms with E-state index in [2.05, 4.69) is 29.1 Å². The van der Waals surface area contributed by atoms with E-state index in [-0.39, 0.29) is 0 Å². The number of rotatable bonds is 5. The van der Waals surface area contributed by atoms with Gasteiger partial charge in [0.1, 0.15) is 16.7 Å². The summed E-state index contributed by atoms with van der Waals surface area (Å²) in [5, 5.41) is 4.21. The summed E-state index contributed by atoms with van der Waals surface area (Å²) in [6, 6.07) is 0. The molecule has 0 spiro atoms. The molecule has 0 aliphatic rings. The monoisotopic (exact) mass is 225 g/mol. The predicted octanol–water partition coefficient (Wildman–Crippen LogP) is 3.03. The molecular weight excluding hydrogens is 206 g/mol. The molecular formula is C11H19N3S. The Kier molecular flexibility index (Phi) is 4.88. The van der Waals surface area contributed by atoms with E-state index in [0.29, 0.717) is 0 Å². The van der Waals surface area contributed by atoms with Crippen molar-refractivity contribution >= 4 is 17.6 Å². The van der Waals surface area contributed by atoms with Crippen LogP contribution in [0.1, 0.15) is 31.2 Å². The van der Waals surface area contributed by atoms with Gasteiger partial charge in [-0.2, -0.15) is 0 Å². The second-order valence-electron chi connectivity index (χ2n) is 3.50. The summed E-state index contributed by atoms with van der Waals surface area (Å²) in [7, 11) is 1.90. The SMILES string of the molecule is CCCCSc1nc(C)nc(NC)c1C. The van der Waals surface area contributed by atoms with Crippen LogP contribution in [0, 0.1) is 13.8 Å². The van der Waals surface area contributed by atoms with Gasteiger partial charge in [-0.15, -0.1) is 11.8 Å². The largest absolute Gasteiger partial charge is 0.373 e. The molecule has 1 aromatic rings. The highest BCUT2D eigenvalue weighted by molar-refractivity contribution is 7.99. The molecule has 3 nitrogen and oxygen atoms in total. The average Bonchev–Trinajstić information content (AvgIpc) is 2.23. The highest BCUT2D eigenvalue weighted by atomic mass is 32.2. The molecule has 0 atom stereocenters. The molecule has 1 rings (SSSR count). The summed E-state index contributed by atoms with van der Waals surface area (Å²) >= 11 is 1.82. The van der Waals surface area contributed by atoms with E-state index in [9.17, 15) is 0 Å². The van der Waals surface area contributed by atoms with Crippen LogP contribution in [0.15, 0.2) is 5.03 Å². The minimum atomic E-state index is 0.837. The summed E-state index contributed by atoms with van der Waals surface area (Å²) in [4.78, 5) is 8.81. The first-order valence-corrected chi connectivity index (χ1v) is 6.33. The van der Waals surface area contributed by atoms with Crippen molar-refractivity contribution in [2.45, 2.75) is 38.6 Å². The van der Waals surface area contributed by atoms with Crippen LogP contribution in [-0.4, -0.2) is 22.8 Å². The Labute approximate surface area is 96.1 Å². The van der Waals surface area contributed by atoms with Crippen molar-refractivity contribution in [1.29, 1.82) is 0 Å². The molecule has 0 saturated heterocycles. The van der Waals surface area contributed by atoms with Crippen molar-refractivity contribution in [1.82, 2.24) is 9.97 Å². The van der Waals surface area contributed by atoms with Crippen LogP contribution in [0.3, 0.4) is 0 Å². The maximum absolute atomic E-state index is 4.46. The van der Waals surface area contributed by atoms with Crippen LogP contribution in [0.5, 0.6) is 0 Å². The number of aromatic nitrogens is 2. The lowest BCUT2D eigenvalue weighted by Gasteiger charge is -2.09. The minimum absolute atomic E-state index is 0.837. The molecule has 0 bridgehead atoms. The number of hydrogen-bond acceptors (Lipinski definition) is 4. The number of unbranched alkanes of at least 4 members (excludes halogenated alkanes) is 1. The molecule has 4 heteroatoms. The van der Waals surface area contributed by atoms with Gasteiger partial charge in [-0.25, -0.2) is 9.97 Å². The Morgan fingerprint density at radius 3 is 2.60 bits per heavy atom. The first-order valence-electron chi connectivity index (χ1n) is 5.34. The van der Waals surface area contributed by atoms with Gasteiger partial charge in [0.2, 0.25) is 0 Å². The van der Waals surface area contributed by atoms with E-state index in [1.807, 2.05) is 25.7 Å². The number of nitrogens with one attached hydrogen (secondary N) is 1. The fourth-order valence-corrected chi connectivity index (χ4v) is 2.44. The maximum Gasteiger partial charge on any atom is 0.133 e. The smallest absolute Gasteiger partial charge is 0.133 e. The molecule has 1 aromatic heterocycles. The highest BCUT2D eigenvalue weighted by Gasteiger charge is 2.07. The number of nitrogens with zero attached hydrogens (tertiary/aromatic N) is 2. The van der Waals surface area contributed by atoms with Gasteiger partial charge in [-0.1, -0.05) is 13.3 Å². The van der Waals surface area contributed by atoms with Crippen molar-refractivity contribution in [2.24, 2.45) is 0 Å². The zero-order valence-electron chi connectivity index (χ0n) is 9.92. The van der Waals surface area contributed by atoms with E-state index in [4.69, 9.17) is 0 Å². The topological polar surface area (TPSA) is 37.8 Å². The second kappa shape index (κ2) is 5.95. The van der Waals surface area contributed by atoms with Crippen LogP contribution < -0.4 is 5.32 Å². The summed E-state index contributed by atoms with van der Waals surface area (Å²) in [5.41, 5.74) is 1.16. The lowest BCUT2D eigenvalue weighted by molar-refractivity contribution is 0.889. The second-order valence-corrected chi connectivity index (χ2v) is 4.59. The molecule has 0 radical (unpaired) electrons. The first-order chi connectivity index (χ1) is 7.19. The Morgan fingerprint density at radius 2 is 2.00 bits per heavy atom. The van der Waals surface area contributed by atoms with Crippen LogP contribution in [0.25, 0.3) is 0 Å². The van der Waals surface area contributed by atoms with E-state index in [1.54, 1.807) is 0 Å². The van der Waals surface area contributed by atoms with Gasteiger partial charge in [0.25, 0.3) is 0 Å². The Hall–Kier alpha value is -0.770. The number of hydrogen-bond donors (Lipinski definition) is 1. The molecule has 1 N–H and O–H groups in total. The Morgan fingerprint density at radius 1 is 1.27 bits per heavy atom. The van der Waals surface area contributed by atoms with Crippen molar-refractivity contribution in [2.75, 3.05) is 18.1 Å². The molecule has 0 aliphatic carbocycles. The average molecular weight is 225 g/mol. The van der Waals surface area contributed by atoms with Crippen LogP contribution in [0.2, 0.25) is 0 Å². The van der Waals surface area contributed by atoms with Gasteiger partial charge in [0.05, 0.1) is 0 Å². The molecule has 0 aliphatic heterocycles. The first kappa shape index (κ1) is 12.3. The van der Waals surface area contributed by atoms with E-state index in [0.717, 1.165) is 28.0 Å². The Balaban J connectivity index is 2.81. The lowest BCUT2D eigenvalue weighted by Crippen LogP contribution is -2.02.